The summed E-state index contributed by atoms with van der Waals surface area (Å²) in [5.74, 6) is 1.18. The lowest BCUT2D eigenvalue weighted by atomic mass is 10.2. The third-order valence-corrected chi connectivity index (χ3v) is 4.84. The van der Waals surface area contributed by atoms with Crippen LogP contribution in [-0.4, -0.2) is 59.5 Å². The number of benzene rings is 1. The summed E-state index contributed by atoms with van der Waals surface area (Å²) >= 11 is 13.4. The van der Waals surface area contributed by atoms with Gasteiger partial charge in [0, 0.05) is 29.9 Å². The second-order valence-corrected chi connectivity index (χ2v) is 7.29. The number of likely N-dealkylation sites (N-methyl/N-ethyl adjacent to an activating group) is 1. The summed E-state index contributed by atoms with van der Waals surface area (Å²) < 4.78 is 5.64. The highest BCUT2D eigenvalue weighted by Gasteiger charge is 2.37. The summed E-state index contributed by atoms with van der Waals surface area (Å²) in [5.41, 5.74) is 0. The van der Waals surface area contributed by atoms with E-state index < -0.39 is 12.1 Å². The Morgan fingerprint density at radius 2 is 1.91 bits per heavy atom. The van der Waals surface area contributed by atoms with Gasteiger partial charge < -0.3 is 14.5 Å². The number of rotatable bonds is 4. The number of ether oxygens (including phenoxy) is 1. The summed E-state index contributed by atoms with van der Waals surface area (Å²) in [6.07, 6.45) is -0.735. The van der Waals surface area contributed by atoms with E-state index >= 15 is 0 Å². The lowest BCUT2D eigenvalue weighted by Gasteiger charge is -2.27. The Balaban J connectivity index is 2.08. The minimum atomic E-state index is -0.735. The van der Waals surface area contributed by atoms with Crippen LogP contribution in [0.3, 0.4) is 0 Å². The maximum atomic E-state index is 12.6. The first-order valence-electron chi connectivity index (χ1n) is 7.01. The average Bonchev–Trinajstić information content (AvgIpc) is 2.93. The molecule has 23 heavy (non-hydrogen) atoms. The smallest absolute Gasteiger partial charge is 0.264 e. The fourth-order valence-corrected chi connectivity index (χ4v) is 3.91. The molecule has 0 spiro atoms. The number of halogens is 2. The first-order chi connectivity index (χ1) is 10.8. The lowest BCUT2D eigenvalue weighted by molar-refractivity contribution is -0.145. The fraction of sp³-hybridized carbons (Fsp3) is 0.467. The fourth-order valence-electron chi connectivity index (χ4n) is 2.25. The Hall–Kier alpha value is -1.11. The van der Waals surface area contributed by atoms with Gasteiger partial charge in [-0.25, -0.2) is 0 Å². The zero-order chi connectivity index (χ0) is 17.1. The van der Waals surface area contributed by atoms with Crippen LogP contribution in [0.1, 0.15) is 6.92 Å². The van der Waals surface area contributed by atoms with Crippen molar-refractivity contribution in [3.63, 3.8) is 0 Å². The number of carbonyl (C=O) groups excluding carboxylic acids is 2. The molecule has 1 fully saturated rings. The van der Waals surface area contributed by atoms with Crippen LogP contribution in [-0.2, 0) is 9.59 Å². The standard InChI is InChI=1S/C15H18Cl2N2O3S/c1-9(22-12-5-10(16)4-11(17)6-12)14(20)19-8-23-7-13(19)15(21)18(2)3/h4-6,9,13H,7-8H2,1-3H3/t9-,13+/m0/s1. The van der Waals surface area contributed by atoms with Gasteiger partial charge in [-0.05, 0) is 25.1 Å². The topological polar surface area (TPSA) is 49.9 Å². The van der Waals surface area contributed by atoms with Gasteiger partial charge in [0.05, 0.1) is 5.88 Å². The van der Waals surface area contributed by atoms with Crippen molar-refractivity contribution in [3.8, 4) is 5.75 Å². The molecular formula is C15H18Cl2N2O3S. The molecule has 1 aromatic carbocycles. The van der Waals surface area contributed by atoms with E-state index in [0.717, 1.165) is 0 Å². The summed E-state index contributed by atoms with van der Waals surface area (Å²) in [5, 5.41) is 0.870. The predicted molar refractivity (Wildman–Crippen MR) is 93.2 cm³/mol. The molecule has 0 saturated carbocycles. The normalized spacial score (nSPS) is 18.7. The lowest BCUT2D eigenvalue weighted by Crippen LogP contribution is -2.50. The Kier molecular flexibility index (Phi) is 6.06. The van der Waals surface area contributed by atoms with Crippen molar-refractivity contribution in [3.05, 3.63) is 28.2 Å². The molecule has 2 amide bonds. The monoisotopic (exact) mass is 376 g/mol. The van der Waals surface area contributed by atoms with Crippen LogP contribution in [0.15, 0.2) is 18.2 Å². The molecule has 1 aliphatic heterocycles. The molecule has 0 bridgehead atoms. The van der Waals surface area contributed by atoms with E-state index in [9.17, 15) is 9.59 Å². The van der Waals surface area contributed by atoms with E-state index in [4.69, 9.17) is 27.9 Å². The van der Waals surface area contributed by atoms with Crippen molar-refractivity contribution in [2.75, 3.05) is 25.7 Å². The molecule has 0 aromatic heterocycles. The van der Waals surface area contributed by atoms with Crippen molar-refractivity contribution in [1.82, 2.24) is 9.80 Å². The van der Waals surface area contributed by atoms with Gasteiger partial charge in [0.15, 0.2) is 6.10 Å². The Morgan fingerprint density at radius 3 is 2.48 bits per heavy atom. The molecule has 2 atom stereocenters. The zero-order valence-corrected chi connectivity index (χ0v) is 15.4. The van der Waals surface area contributed by atoms with Crippen LogP contribution in [0.5, 0.6) is 5.75 Å². The van der Waals surface area contributed by atoms with Crippen LogP contribution in [0.2, 0.25) is 10.0 Å². The van der Waals surface area contributed by atoms with Crippen molar-refractivity contribution in [2.24, 2.45) is 0 Å². The summed E-state index contributed by atoms with van der Waals surface area (Å²) in [6.45, 7) is 1.65. The molecule has 1 heterocycles. The highest BCUT2D eigenvalue weighted by molar-refractivity contribution is 7.99. The van der Waals surface area contributed by atoms with E-state index in [1.54, 1.807) is 55.9 Å². The largest absolute Gasteiger partial charge is 0.481 e. The zero-order valence-electron chi connectivity index (χ0n) is 13.1. The number of amides is 2. The maximum absolute atomic E-state index is 12.6. The van der Waals surface area contributed by atoms with Gasteiger partial charge in [-0.15, -0.1) is 11.8 Å². The van der Waals surface area contributed by atoms with Gasteiger partial charge in [0.25, 0.3) is 5.91 Å². The molecule has 2 rings (SSSR count). The molecule has 8 heteroatoms. The molecule has 1 saturated heterocycles. The van der Waals surface area contributed by atoms with Crippen LogP contribution < -0.4 is 4.74 Å². The molecule has 126 valence electrons. The number of thioether (sulfide) groups is 1. The van der Waals surface area contributed by atoms with Crippen molar-refractivity contribution in [1.29, 1.82) is 0 Å². The van der Waals surface area contributed by atoms with Crippen LogP contribution in [0, 0.1) is 0 Å². The van der Waals surface area contributed by atoms with Gasteiger partial charge in [0.2, 0.25) is 5.91 Å². The van der Waals surface area contributed by atoms with E-state index in [-0.39, 0.29) is 11.8 Å². The van der Waals surface area contributed by atoms with Crippen LogP contribution >= 0.6 is 35.0 Å². The van der Waals surface area contributed by atoms with Gasteiger partial charge in [0.1, 0.15) is 11.8 Å². The summed E-state index contributed by atoms with van der Waals surface area (Å²) in [7, 11) is 3.36. The van der Waals surface area contributed by atoms with Crippen molar-refractivity contribution >= 4 is 46.8 Å². The first kappa shape index (κ1) is 18.2. The van der Waals surface area contributed by atoms with Gasteiger partial charge in [-0.2, -0.15) is 0 Å². The molecular weight excluding hydrogens is 359 g/mol. The van der Waals surface area contributed by atoms with E-state index in [2.05, 4.69) is 0 Å². The molecule has 0 aliphatic carbocycles. The van der Waals surface area contributed by atoms with E-state index in [1.165, 1.54) is 4.90 Å². The minimum Gasteiger partial charge on any atom is -0.481 e. The van der Waals surface area contributed by atoms with Crippen LogP contribution in [0.25, 0.3) is 0 Å². The van der Waals surface area contributed by atoms with E-state index in [1.807, 2.05) is 0 Å². The number of nitrogens with zero attached hydrogens (tertiary/aromatic N) is 2. The third kappa shape index (κ3) is 4.46. The van der Waals surface area contributed by atoms with Gasteiger partial charge in [-0.3, -0.25) is 9.59 Å². The minimum absolute atomic E-state index is 0.0821. The first-order valence-corrected chi connectivity index (χ1v) is 8.93. The number of carbonyl (C=O) groups is 2. The van der Waals surface area contributed by atoms with Crippen molar-refractivity contribution < 1.29 is 14.3 Å². The Morgan fingerprint density at radius 1 is 1.30 bits per heavy atom. The van der Waals surface area contributed by atoms with Gasteiger partial charge >= 0.3 is 0 Å². The van der Waals surface area contributed by atoms with E-state index in [0.29, 0.717) is 27.4 Å². The second kappa shape index (κ2) is 7.64. The molecule has 0 N–H and O–H groups in total. The van der Waals surface area contributed by atoms with Crippen molar-refractivity contribution in [2.45, 2.75) is 19.1 Å². The van der Waals surface area contributed by atoms with Gasteiger partial charge in [-0.1, -0.05) is 23.2 Å². The third-order valence-electron chi connectivity index (χ3n) is 3.39. The molecule has 0 unspecified atom stereocenters. The quantitative estimate of drug-likeness (QED) is 0.810. The summed E-state index contributed by atoms with van der Waals surface area (Å²) in [4.78, 5) is 27.8. The maximum Gasteiger partial charge on any atom is 0.264 e. The predicted octanol–water partition coefficient (Wildman–Crippen LogP) is 2.75. The average molecular weight is 377 g/mol. The molecule has 0 radical (unpaired) electrons. The highest BCUT2D eigenvalue weighted by atomic mass is 35.5. The second-order valence-electron chi connectivity index (χ2n) is 5.42. The number of hydrogen-bond acceptors (Lipinski definition) is 4. The number of hydrogen-bond donors (Lipinski definition) is 0. The molecule has 5 nitrogen and oxygen atoms in total. The molecule has 1 aliphatic rings. The SMILES string of the molecule is C[C@H](Oc1cc(Cl)cc(Cl)c1)C(=O)N1CSC[C@@H]1C(=O)N(C)C. The van der Waals surface area contributed by atoms with Crippen LogP contribution in [0.4, 0.5) is 0 Å². The Labute approximate surface area is 149 Å². The Bertz CT molecular complexity index is 592. The molecule has 1 aromatic rings. The summed E-state index contributed by atoms with van der Waals surface area (Å²) in [6, 6.07) is 4.33. The highest BCUT2D eigenvalue weighted by Crippen LogP contribution is 2.27.